The highest BCUT2D eigenvalue weighted by Gasteiger charge is 2.04. The lowest BCUT2D eigenvalue weighted by Crippen LogP contribution is -2.10. The van der Waals surface area contributed by atoms with E-state index < -0.39 is 18.0 Å². The Kier molecular flexibility index (Phi) is 12.5. The number of aliphatic hydroxyl groups is 1. The number of aliphatic carboxylic acids is 2. The van der Waals surface area contributed by atoms with E-state index in [-0.39, 0.29) is 12.8 Å². The third-order valence-corrected chi connectivity index (χ3v) is 1.58. The number of rotatable bonds is 6. The molecule has 0 aromatic carbocycles. The maximum atomic E-state index is 9.82. The number of aliphatic hydroxyl groups excluding tert-OH is 1. The molecule has 1 atom stereocenters. The highest BCUT2D eigenvalue weighted by Crippen LogP contribution is 1.94. The van der Waals surface area contributed by atoms with Gasteiger partial charge < -0.3 is 15.3 Å². The van der Waals surface area contributed by atoms with Crippen molar-refractivity contribution in [2.45, 2.75) is 45.6 Å². The first kappa shape index (κ1) is 17.0. The van der Waals surface area contributed by atoms with Gasteiger partial charge in [0.15, 0.2) is 0 Å². The minimum atomic E-state index is -0.945. The Morgan fingerprint density at radius 3 is 1.94 bits per heavy atom. The van der Waals surface area contributed by atoms with Crippen LogP contribution in [0.15, 0.2) is 12.2 Å². The lowest BCUT2D eigenvalue weighted by molar-refractivity contribution is -0.139. The molecule has 0 aromatic heterocycles. The molecule has 0 aliphatic rings. The SMILES string of the molecule is CC/C=C/CC(=O)O.CCC(O)CC(=O)O. The normalized spacial score (nSPS) is 11.7. The average molecular weight is 232 g/mol. The van der Waals surface area contributed by atoms with Gasteiger partial charge in [-0.05, 0) is 12.8 Å². The first-order valence-corrected chi connectivity index (χ1v) is 5.20. The van der Waals surface area contributed by atoms with Crippen molar-refractivity contribution in [1.29, 1.82) is 0 Å². The highest BCUT2D eigenvalue weighted by molar-refractivity contribution is 5.68. The van der Waals surface area contributed by atoms with Gasteiger partial charge in [0.1, 0.15) is 0 Å². The zero-order valence-electron chi connectivity index (χ0n) is 9.72. The fourth-order valence-corrected chi connectivity index (χ4v) is 0.697. The van der Waals surface area contributed by atoms with E-state index in [0.717, 1.165) is 6.42 Å². The predicted octanol–water partition coefficient (Wildman–Crippen LogP) is 1.66. The van der Waals surface area contributed by atoms with E-state index >= 15 is 0 Å². The number of hydrogen-bond acceptors (Lipinski definition) is 3. The van der Waals surface area contributed by atoms with Gasteiger partial charge in [0.2, 0.25) is 0 Å². The number of hydrogen-bond donors (Lipinski definition) is 3. The average Bonchev–Trinajstić information content (AvgIpc) is 2.17. The molecule has 0 aromatic rings. The number of carboxylic acids is 2. The lowest BCUT2D eigenvalue weighted by Gasteiger charge is -2.00. The molecule has 5 nitrogen and oxygen atoms in total. The molecule has 0 saturated carbocycles. The van der Waals surface area contributed by atoms with Crippen molar-refractivity contribution >= 4 is 11.9 Å². The number of carboxylic acid groups (broad SMARTS) is 2. The van der Waals surface area contributed by atoms with Crippen LogP contribution in [0.4, 0.5) is 0 Å². The largest absolute Gasteiger partial charge is 0.481 e. The molecule has 0 aliphatic heterocycles. The van der Waals surface area contributed by atoms with E-state index in [1.54, 1.807) is 13.0 Å². The third kappa shape index (κ3) is 18.4. The first-order valence-electron chi connectivity index (χ1n) is 5.20. The van der Waals surface area contributed by atoms with Crippen LogP contribution in [0.5, 0.6) is 0 Å². The summed E-state index contributed by atoms with van der Waals surface area (Å²) >= 11 is 0. The zero-order valence-corrected chi connectivity index (χ0v) is 9.72. The van der Waals surface area contributed by atoms with E-state index in [4.69, 9.17) is 15.3 Å². The van der Waals surface area contributed by atoms with Crippen LogP contribution < -0.4 is 0 Å². The van der Waals surface area contributed by atoms with Gasteiger partial charge in [-0.1, -0.05) is 26.0 Å². The van der Waals surface area contributed by atoms with E-state index in [2.05, 4.69) is 0 Å². The maximum Gasteiger partial charge on any atom is 0.307 e. The molecule has 0 aliphatic carbocycles. The molecular formula is C11H20O5. The summed E-state index contributed by atoms with van der Waals surface area (Å²) in [6.45, 7) is 3.71. The Bertz CT molecular complexity index is 222. The van der Waals surface area contributed by atoms with Crippen LogP contribution in [-0.4, -0.2) is 33.4 Å². The van der Waals surface area contributed by atoms with Crippen LogP contribution in [-0.2, 0) is 9.59 Å². The van der Waals surface area contributed by atoms with Crippen LogP contribution in [0, 0.1) is 0 Å². The topological polar surface area (TPSA) is 94.8 Å². The van der Waals surface area contributed by atoms with Crippen LogP contribution in [0.25, 0.3) is 0 Å². The summed E-state index contributed by atoms with van der Waals surface area (Å²) < 4.78 is 0. The summed E-state index contributed by atoms with van der Waals surface area (Å²) in [5, 5.41) is 24.8. The summed E-state index contributed by atoms with van der Waals surface area (Å²) in [5.74, 6) is -1.71. The molecule has 0 spiro atoms. The standard InChI is InChI=1S/C6H10O2.C5H10O3/c1-2-3-4-5-6(7)8;1-2-4(6)3-5(7)8/h3-4H,2,5H2,1H3,(H,7,8);4,6H,2-3H2,1H3,(H,7,8)/b4-3+;. The Morgan fingerprint density at radius 1 is 1.12 bits per heavy atom. The van der Waals surface area contributed by atoms with E-state index in [1.807, 2.05) is 13.0 Å². The van der Waals surface area contributed by atoms with E-state index in [0.29, 0.717) is 6.42 Å². The first-order chi connectivity index (χ1) is 7.43. The molecule has 0 fully saturated rings. The van der Waals surface area contributed by atoms with Crippen LogP contribution in [0.2, 0.25) is 0 Å². The van der Waals surface area contributed by atoms with Crippen LogP contribution in [0.1, 0.15) is 39.5 Å². The second-order valence-corrected chi connectivity index (χ2v) is 3.14. The molecular weight excluding hydrogens is 212 g/mol. The summed E-state index contributed by atoms with van der Waals surface area (Å²) in [7, 11) is 0. The van der Waals surface area contributed by atoms with Gasteiger partial charge in [0.05, 0.1) is 18.9 Å². The molecule has 1 unspecified atom stereocenters. The molecule has 5 heteroatoms. The molecule has 0 amide bonds. The molecule has 3 N–H and O–H groups in total. The van der Waals surface area contributed by atoms with Crippen molar-refractivity contribution in [1.82, 2.24) is 0 Å². The van der Waals surface area contributed by atoms with Crippen molar-refractivity contribution in [3.05, 3.63) is 12.2 Å². The molecule has 94 valence electrons. The Hall–Kier alpha value is -1.36. The minimum absolute atomic E-state index is 0.142. The van der Waals surface area contributed by atoms with Gasteiger partial charge in [0.25, 0.3) is 0 Å². The smallest absolute Gasteiger partial charge is 0.307 e. The predicted molar refractivity (Wildman–Crippen MR) is 60.2 cm³/mol. The highest BCUT2D eigenvalue weighted by atomic mass is 16.4. The van der Waals surface area contributed by atoms with Crippen LogP contribution in [0.3, 0.4) is 0 Å². The second kappa shape index (κ2) is 11.7. The Balaban J connectivity index is 0. The van der Waals surface area contributed by atoms with Crippen molar-refractivity contribution in [3.8, 4) is 0 Å². The van der Waals surface area contributed by atoms with Gasteiger partial charge in [-0.25, -0.2) is 0 Å². The van der Waals surface area contributed by atoms with Crippen molar-refractivity contribution in [3.63, 3.8) is 0 Å². The van der Waals surface area contributed by atoms with Crippen molar-refractivity contribution in [2.24, 2.45) is 0 Å². The van der Waals surface area contributed by atoms with Gasteiger partial charge in [-0.2, -0.15) is 0 Å². The number of allylic oxidation sites excluding steroid dienone is 1. The molecule has 0 bridgehead atoms. The fraction of sp³-hybridized carbons (Fsp3) is 0.636. The van der Waals surface area contributed by atoms with Gasteiger partial charge in [-0.3, -0.25) is 9.59 Å². The molecule has 0 rings (SSSR count). The summed E-state index contributed by atoms with van der Waals surface area (Å²) in [4.78, 5) is 19.6. The van der Waals surface area contributed by atoms with E-state index in [1.165, 1.54) is 0 Å². The fourth-order valence-electron chi connectivity index (χ4n) is 0.697. The Labute approximate surface area is 95.4 Å². The maximum absolute atomic E-state index is 9.82. The molecule has 0 radical (unpaired) electrons. The van der Waals surface area contributed by atoms with E-state index in [9.17, 15) is 9.59 Å². The third-order valence-electron chi connectivity index (χ3n) is 1.58. The van der Waals surface area contributed by atoms with Crippen LogP contribution >= 0.6 is 0 Å². The molecule has 0 heterocycles. The van der Waals surface area contributed by atoms with Gasteiger partial charge in [0, 0.05) is 0 Å². The summed E-state index contributed by atoms with van der Waals surface area (Å²) in [6, 6.07) is 0. The zero-order chi connectivity index (χ0) is 13.0. The summed E-state index contributed by atoms with van der Waals surface area (Å²) in [5.41, 5.74) is 0. The van der Waals surface area contributed by atoms with Gasteiger partial charge >= 0.3 is 11.9 Å². The monoisotopic (exact) mass is 232 g/mol. The summed E-state index contributed by atoms with van der Waals surface area (Å²) in [6.07, 6.45) is 4.24. The quantitative estimate of drug-likeness (QED) is 0.605. The minimum Gasteiger partial charge on any atom is -0.481 e. The lowest BCUT2D eigenvalue weighted by atomic mass is 10.2. The van der Waals surface area contributed by atoms with Crippen molar-refractivity contribution in [2.75, 3.05) is 0 Å². The molecule has 16 heavy (non-hydrogen) atoms. The van der Waals surface area contributed by atoms with Gasteiger partial charge in [-0.15, -0.1) is 0 Å². The number of carbonyl (C=O) groups is 2. The molecule has 0 saturated heterocycles. The Morgan fingerprint density at radius 2 is 1.69 bits per heavy atom. The second-order valence-electron chi connectivity index (χ2n) is 3.14. The van der Waals surface area contributed by atoms with Crippen molar-refractivity contribution < 1.29 is 24.9 Å².